The molecule has 0 fully saturated rings. The molecule has 0 saturated carbocycles. The van der Waals surface area contributed by atoms with Gasteiger partial charge in [0.05, 0.1) is 20.1 Å². The molecule has 0 radical (unpaired) electrons. The number of amides is 3. The van der Waals surface area contributed by atoms with Gasteiger partial charge in [-0.2, -0.15) is 0 Å². The van der Waals surface area contributed by atoms with E-state index in [0.717, 1.165) is 0 Å². The largest absolute Gasteiger partial charge is 0.454 e. The number of rotatable bonds is 4. The van der Waals surface area contributed by atoms with Crippen molar-refractivity contribution < 1.29 is 18.7 Å². The van der Waals surface area contributed by atoms with Gasteiger partial charge in [-0.05, 0) is 94.1 Å². The Morgan fingerprint density at radius 1 is 0.972 bits per heavy atom. The second kappa shape index (κ2) is 10.6. The molecule has 0 bridgehead atoms. The zero-order valence-electron chi connectivity index (χ0n) is 18.8. The monoisotopic (exact) mass is 608 g/mol. The summed E-state index contributed by atoms with van der Waals surface area (Å²) in [6, 6.07) is 13.0. The number of carbonyl (C=O) groups excluding carboxylic acids is 2. The Kier molecular flexibility index (Phi) is 7.76. The molecule has 4 aromatic rings. The highest BCUT2D eigenvalue weighted by Crippen LogP contribution is 2.41. The minimum absolute atomic E-state index is 0.0625. The van der Waals surface area contributed by atoms with Crippen molar-refractivity contribution in [3.8, 4) is 11.5 Å². The standard InChI is InChI=1S/C26H17BrCl3FN2O3/c1-12-9-20(13(2)23(30)24(12)36-21-8-4-15(28)11-18(21)27)32-26(35)33-25(34)22-17-6-5-16(31)10-14(17)3-7-19(22)29/h3-11H,1-2H3,(H2,32,33,34,35). The topological polar surface area (TPSA) is 67.4 Å². The van der Waals surface area contributed by atoms with Crippen LogP contribution in [0.3, 0.4) is 0 Å². The first-order valence-corrected chi connectivity index (χ1v) is 12.4. The molecule has 0 heterocycles. The van der Waals surface area contributed by atoms with Crippen molar-refractivity contribution in [2.24, 2.45) is 0 Å². The summed E-state index contributed by atoms with van der Waals surface area (Å²) in [5.41, 5.74) is 1.63. The fourth-order valence-electron chi connectivity index (χ4n) is 3.60. The maximum Gasteiger partial charge on any atom is 0.326 e. The van der Waals surface area contributed by atoms with Gasteiger partial charge < -0.3 is 10.1 Å². The lowest BCUT2D eigenvalue weighted by Crippen LogP contribution is -2.34. The number of carbonyl (C=O) groups is 2. The van der Waals surface area contributed by atoms with Crippen molar-refractivity contribution in [2.45, 2.75) is 13.8 Å². The van der Waals surface area contributed by atoms with E-state index in [1.54, 1.807) is 44.2 Å². The molecule has 0 unspecified atom stereocenters. The van der Waals surface area contributed by atoms with Crippen LogP contribution >= 0.6 is 50.7 Å². The fraction of sp³-hybridized carbons (Fsp3) is 0.0769. The molecule has 4 rings (SSSR count). The first kappa shape index (κ1) is 26.2. The molecule has 0 aliphatic carbocycles. The first-order chi connectivity index (χ1) is 17.0. The number of hydrogen-bond donors (Lipinski definition) is 2. The predicted octanol–water partition coefficient (Wildman–Crippen LogP) is 9.07. The Bertz CT molecular complexity index is 1550. The van der Waals surface area contributed by atoms with Gasteiger partial charge in [0.1, 0.15) is 17.3 Å². The molecular formula is C26H17BrCl3FN2O3. The van der Waals surface area contributed by atoms with E-state index in [-0.39, 0.29) is 15.6 Å². The van der Waals surface area contributed by atoms with Crippen LogP contribution in [0.25, 0.3) is 10.8 Å². The lowest BCUT2D eigenvalue weighted by atomic mass is 10.0. The SMILES string of the molecule is Cc1cc(NC(=O)NC(=O)c2c(Cl)ccc3cc(F)ccc23)c(C)c(Cl)c1Oc1ccc(Cl)cc1Br. The Morgan fingerprint density at radius 2 is 1.72 bits per heavy atom. The van der Waals surface area contributed by atoms with Gasteiger partial charge in [-0.15, -0.1) is 0 Å². The normalized spacial score (nSPS) is 10.9. The molecule has 184 valence electrons. The van der Waals surface area contributed by atoms with Crippen molar-refractivity contribution in [2.75, 3.05) is 5.32 Å². The van der Waals surface area contributed by atoms with Crippen LogP contribution in [-0.4, -0.2) is 11.9 Å². The van der Waals surface area contributed by atoms with Crippen LogP contribution in [0.4, 0.5) is 14.9 Å². The summed E-state index contributed by atoms with van der Waals surface area (Å²) < 4.78 is 20.2. The molecule has 10 heteroatoms. The van der Waals surface area contributed by atoms with Crippen LogP contribution in [0, 0.1) is 19.7 Å². The highest BCUT2D eigenvalue weighted by atomic mass is 79.9. The van der Waals surface area contributed by atoms with Gasteiger partial charge in [0.25, 0.3) is 5.91 Å². The number of aryl methyl sites for hydroxylation is 1. The highest BCUT2D eigenvalue weighted by molar-refractivity contribution is 9.10. The quantitative estimate of drug-likeness (QED) is 0.242. The molecule has 0 aliphatic heterocycles. The zero-order valence-corrected chi connectivity index (χ0v) is 22.7. The van der Waals surface area contributed by atoms with Gasteiger partial charge in [-0.25, -0.2) is 9.18 Å². The number of urea groups is 1. The summed E-state index contributed by atoms with van der Waals surface area (Å²) in [6.45, 7) is 3.48. The molecule has 3 amide bonds. The molecule has 4 aromatic carbocycles. The van der Waals surface area contributed by atoms with Crippen molar-refractivity contribution in [3.05, 3.63) is 96.6 Å². The molecule has 5 nitrogen and oxygen atoms in total. The zero-order chi connectivity index (χ0) is 26.1. The summed E-state index contributed by atoms with van der Waals surface area (Å²) in [4.78, 5) is 25.6. The maximum absolute atomic E-state index is 13.6. The van der Waals surface area contributed by atoms with Gasteiger partial charge in [-0.1, -0.05) is 46.9 Å². The molecule has 0 spiro atoms. The van der Waals surface area contributed by atoms with Gasteiger partial charge in [-0.3, -0.25) is 10.1 Å². The summed E-state index contributed by atoms with van der Waals surface area (Å²) in [6.07, 6.45) is 0. The third kappa shape index (κ3) is 5.44. The second-order valence-corrected chi connectivity index (χ2v) is 9.96. The molecule has 0 atom stereocenters. The number of halogens is 5. The van der Waals surface area contributed by atoms with E-state index in [1.807, 2.05) is 0 Å². The number of benzene rings is 4. The Hall–Kier alpha value is -2.84. The average molecular weight is 611 g/mol. The first-order valence-electron chi connectivity index (χ1n) is 10.5. The third-order valence-electron chi connectivity index (χ3n) is 5.39. The molecule has 36 heavy (non-hydrogen) atoms. The van der Waals surface area contributed by atoms with Crippen molar-refractivity contribution in [1.82, 2.24) is 5.32 Å². The number of imide groups is 1. The highest BCUT2D eigenvalue weighted by Gasteiger charge is 2.20. The van der Waals surface area contributed by atoms with Crippen molar-refractivity contribution in [3.63, 3.8) is 0 Å². The Balaban J connectivity index is 1.56. The summed E-state index contributed by atoms with van der Waals surface area (Å²) in [5, 5.41) is 6.76. The van der Waals surface area contributed by atoms with Crippen LogP contribution in [-0.2, 0) is 0 Å². The number of ether oxygens (including phenoxy) is 1. The summed E-state index contributed by atoms with van der Waals surface area (Å²) in [5.74, 6) is -0.260. The van der Waals surface area contributed by atoms with E-state index in [0.29, 0.717) is 48.6 Å². The smallest absolute Gasteiger partial charge is 0.326 e. The lowest BCUT2D eigenvalue weighted by molar-refractivity contribution is 0.0969. The molecule has 0 aromatic heterocycles. The van der Waals surface area contributed by atoms with Gasteiger partial charge in [0.15, 0.2) is 0 Å². The van der Waals surface area contributed by atoms with Crippen LogP contribution in [0.2, 0.25) is 15.1 Å². The maximum atomic E-state index is 13.6. The Labute approximate surface area is 229 Å². The number of fused-ring (bicyclic) bond motifs is 1. The minimum atomic E-state index is -0.789. The molecular weight excluding hydrogens is 594 g/mol. The Morgan fingerprint density at radius 3 is 2.44 bits per heavy atom. The molecule has 2 N–H and O–H groups in total. The number of anilines is 1. The second-order valence-electron chi connectivity index (χ2n) is 7.88. The van der Waals surface area contributed by atoms with Crippen LogP contribution < -0.4 is 15.4 Å². The van der Waals surface area contributed by atoms with Gasteiger partial charge >= 0.3 is 6.03 Å². The average Bonchev–Trinajstić information content (AvgIpc) is 2.81. The van der Waals surface area contributed by atoms with Crippen LogP contribution in [0.5, 0.6) is 11.5 Å². The lowest BCUT2D eigenvalue weighted by Gasteiger charge is -2.17. The summed E-state index contributed by atoms with van der Waals surface area (Å²) in [7, 11) is 0. The minimum Gasteiger partial charge on any atom is -0.454 e. The molecule has 0 saturated heterocycles. The van der Waals surface area contributed by atoms with E-state index in [1.165, 1.54) is 24.3 Å². The number of hydrogen-bond acceptors (Lipinski definition) is 3. The van der Waals surface area contributed by atoms with E-state index in [9.17, 15) is 14.0 Å². The summed E-state index contributed by atoms with van der Waals surface area (Å²) >= 11 is 22.2. The third-order valence-corrected chi connectivity index (χ3v) is 7.02. The van der Waals surface area contributed by atoms with Gasteiger partial charge in [0.2, 0.25) is 0 Å². The van der Waals surface area contributed by atoms with Crippen molar-refractivity contribution in [1.29, 1.82) is 0 Å². The van der Waals surface area contributed by atoms with E-state index in [4.69, 9.17) is 39.5 Å². The van der Waals surface area contributed by atoms with Gasteiger partial charge in [0, 0.05) is 10.7 Å². The predicted molar refractivity (Wildman–Crippen MR) is 146 cm³/mol. The van der Waals surface area contributed by atoms with Crippen LogP contribution in [0.15, 0.2) is 59.1 Å². The fourth-order valence-corrected chi connectivity index (χ4v) is 4.90. The van der Waals surface area contributed by atoms with E-state index < -0.39 is 17.8 Å². The number of nitrogens with one attached hydrogen (secondary N) is 2. The van der Waals surface area contributed by atoms with Crippen molar-refractivity contribution >= 4 is 79.1 Å². The van der Waals surface area contributed by atoms with E-state index >= 15 is 0 Å². The van der Waals surface area contributed by atoms with E-state index in [2.05, 4.69) is 26.6 Å². The molecule has 0 aliphatic rings. The van der Waals surface area contributed by atoms with Crippen LogP contribution in [0.1, 0.15) is 21.5 Å².